The number of hydrogen-bond acceptors (Lipinski definition) is 4. The minimum Gasteiger partial charge on any atom is -0.350 e. The summed E-state index contributed by atoms with van der Waals surface area (Å²) in [4.78, 5) is 16.2. The zero-order valence-electron chi connectivity index (χ0n) is 9.33. The number of amides is 1. The molecule has 1 aromatic heterocycles. The maximum atomic E-state index is 11.5. The predicted octanol–water partition coefficient (Wildman–Crippen LogP) is 1.18. The number of nitrogens with zero attached hydrogens (tertiary/aromatic N) is 1. The summed E-state index contributed by atoms with van der Waals surface area (Å²) < 4.78 is 0. The summed E-state index contributed by atoms with van der Waals surface area (Å²) in [7, 11) is 0. The van der Waals surface area contributed by atoms with Gasteiger partial charge < -0.3 is 10.6 Å². The van der Waals surface area contributed by atoms with Crippen LogP contribution in [0.5, 0.6) is 0 Å². The van der Waals surface area contributed by atoms with Gasteiger partial charge in [0.1, 0.15) is 4.88 Å². The first-order valence-corrected chi connectivity index (χ1v) is 5.85. The Bertz CT molecular complexity index is 322. The molecule has 0 saturated heterocycles. The Hall–Kier alpha value is -0.940. The maximum Gasteiger partial charge on any atom is 0.263 e. The first-order valence-electron chi connectivity index (χ1n) is 5.03. The van der Waals surface area contributed by atoms with Crippen molar-refractivity contribution in [3.05, 3.63) is 16.1 Å². The van der Waals surface area contributed by atoms with E-state index < -0.39 is 0 Å². The molecule has 15 heavy (non-hydrogen) atoms. The van der Waals surface area contributed by atoms with Gasteiger partial charge in [-0.05, 0) is 6.92 Å². The van der Waals surface area contributed by atoms with E-state index in [0.29, 0.717) is 17.5 Å². The molecule has 0 radical (unpaired) electrons. The van der Waals surface area contributed by atoms with Gasteiger partial charge in [-0.1, -0.05) is 13.8 Å². The molecule has 1 amide bonds. The van der Waals surface area contributed by atoms with E-state index in [1.54, 1.807) is 6.20 Å². The van der Waals surface area contributed by atoms with E-state index in [2.05, 4.69) is 29.5 Å². The molecule has 0 unspecified atom stereocenters. The summed E-state index contributed by atoms with van der Waals surface area (Å²) in [6.45, 7) is 7.49. The second-order valence-electron chi connectivity index (χ2n) is 3.61. The molecule has 5 heteroatoms. The van der Waals surface area contributed by atoms with Crippen molar-refractivity contribution in [2.24, 2.45) is 0 Å². The molecule has 0 aliphatic heterocycles. The molecule has 0 fully saturated rings. The third kappa shape index (κ3) is 4.40. The van der Waals surface area contributed by atoms with E-state index >= 15 is 0 Å². The molecular formula is C10H17N3OS. The first kappa shape index (κ1) is 12.1. The molecule has 4 nitrogen and oxygen atoms in total. The number of hydrogen-bond donors (Lipinski definition) is 2. The van der Waals surface area contributed by atoms with E-state index in [1.165, 1.54) is 11.3 Å². The summed E-state index contributed by atoms with van der Waals surface area (Å²) in [5.74, 6) is -0.0360. The summed E-state index contributed by atoms with van der Waals surface area (Å²) in [6, 6.07) is 0.451. The predicted molar refractivity (Wildman–Crippen MR) is 62.3 cm³/mol. The van der Waals surface area contributed by atoms with Crippen molar-refractivity contribution in [1.82, 2.24) is 15.6 Å². The lowest BCUT2D eigenvalue weighted by atomic mass is 10.4. The number of carbonyl (C=O) groups is 1. The van der Waals surface area contributed by atoms with Gasteiger partial charge in [-0.2, -0.15) is 0 Å². The number of rotatable bonds is 5. The lowest BCUT2D eigenvalue weighted by Gasteiger charge is -2.08. The van der Waals surface area contributed by atoms with Crippen molar-refractivity contribution in [3.63, 3.8) is 0 Å². The van der Waals surface area contributed by atoms with Gasteiger partial charge in [-0.3, -0.25) is 4.79 Å². The molecule has 0 aromatic carbocycles. The van der Waals surface area contributed by atoms with Gasteiger partial charge in [0, 0.05) is 19.1 Å². The SMILES string of the molecule is Cc1ncc(C(=O)NCCNC(C)C)s1. The summed E-state index contributed by atoms with van der Waals surface area (Å²) >= 11 is 1.42. The van der Waals surface area contributed by atoms with Gasteiger partial charge in [-0.15, -0.1) is 11.3 Å². The minimum absolute atomic E-state index is 0.0360. The van der Waals surface area contributed by atoms with Crippen LogP contribution in [0.4, 0.5) is 0 Å². The quantitative estimate of drug-likeness (QED) is 0.743. The van der Waals surface area contributed by atoms with Crippen LogP contribution in [0.2, 0.25) is 0 Å². The molecule has 0 spiro atoms. The molecule has 1 aromatic rings. The number of aromatic nitrogens is 1. The fraction of sp³-hybridized carbons (Fsp3) is 0.600. The van der Waals surface area contributed by atoms with Crippen LogP contribution in [-0.2, 0) is 0 Å². The van der Waals surface area contributed by atoms with Crippen LogP contribution in [0.25, 0.3) is 0 Å². The highest BCUT2D eigenvalue weighted by Gasteiger charge is 2.07. The minimum atomic E-state index is -0.0360. The van der Waals surface area contributed by atoms with Crippen molar-refractivity contribution >= 4 is 17.2 Å². The fourth-order valence-electron chi connectivity index (χ4n) is 1.09. The smallest absolute Gasteiger partial charge is 0.263 e. The van der Waals surface area contributed by atoms with Gasteiger partial charge in [0.05, 0.1) is 11.2 Å². The molecule has 0 aliphatic carbocycles. The van der Waals surface area contributed by atoms with E-state index in [4.69, 9.17) is 0 Å². The lowest BCUT2D eigenvalue weighted by Crippen LogP contribution is -2.34. The van der Waals surface area contributed by atoms with E-state index in [-0.39, 0.29) is 5.91 Å². The summed E-state index contributed by atoms with van der Waals surface area (Å²) in [5, 5.41) is 6.98. The topological polar surface area (TPSA) is 54.0 Å². The largest absolute Gasteiger partial charge is 0.350 e. The molecular weight excluding hydrogens is 210 g/mol. The highest BCUT2D eigenvalue weighted by molar-refractivity contribution is 7.13. The Morgan fingerprint density at radius 1 is 1.53 bits per heavy atom. The van der Waals surface area contributed by atoms with Gasteiger partial charge in [-0.25, -0.2) is 4.98 Å². The van der Waals surface area contributed by atoms with E-state index in [9.17, 15) is 4.79 Å². The normalized spacial score (nSPS) is 10.7. The van der Waals surface area contributed by atoms with E-state index in [0.717, 1.165) is 11.6 Å². The molecule has 2 N–H and O–H groups in total. The van der Waals surface area contributed by atoms with Crippen molar-refractivity contribution in [2.75, 3.05) is 13.1 Å². The summed E-state index contributed by atoms with van der Waals surface area (Å²) in [5.41, 5.74) is 0. The average Bonchev–Trinajstić information content (AvgIpc) is 2.59. The first-order chi connectivity index (χ1) is 7.09. The Morgan fingerprint density at radius 3 is 2.80 bits per heavy atom. The van der Waals surface area contributed by atoms with Gasteiger partial charge in [0.25, 0.3) is 5.91 Å². The van der Waals surface area contributed by atoms with Crippen LogP contribution < -0.4 is 10.6 Å². The van der Waals surface area contributed by atoms with Crippen LogP contribution in [0.3, 0.4) is 0 Å². The molecule has 84 valence electrons. The Labute approximate surface area is 94.1 Å². The highest BCUT2D eigenvalue weighted by atomic mass is 32.1. The van der Waals surface area contributed by atoms with Gasteiger partial charge >= 0.3 is 0 Å². The lowest BCUT2D eigenvalue weighted by molar-refractivity contribution is 0.0957. The van der Waals surface area contributed by atoms with Crippen LogP contribution in [0, 0.1) is 6.92 Å². The van der Waals surface area contributed by atoms with Crippen molar-refractivity contribution < 1.29 is 4.79 Å². The summed E-state index contributed by atoms with van der Waals surface area (Å²) in [6.07, 6.45) is 1.62. The monoisotopic (exact) mass is 227 g/mol. The second kappa shape index (κ2) is 5.82. The molecule has 0 saturated carbocycles. The standard InChI is InChI=1S/C10H17N3OS/c1-7(2)11-4-5-12-10(14)9-6-13-8(3)15-9/h6-7,11H,4-5H2,1-3H3,(H,12,14). The number of carbonyl (C=O) groups excluding carboxylic acids is 1. The van der Waals surface area contributed by atoms with Crippen LogP contribution in [-0.4, -0.2) is 30.0 Å². The Morgan fingerprint density at radius 2 is 2.27 bits per heavy atom. The van der Waals surface area contributed by atoms with E-state index in [1.807, 2.05) is 6.92 Å². The highest BCUT2D eigenvalue weighted by Crippen LogP contribution is 2.10. The van der Waals surface area contributed by atoms with Crippen LogP contribution >= 0.6 is 11.3 Å². The average molecular weight is 227 g/mol. The molecule has 1 rings (SSSR count). The third-order valence-corrected chi connectivity index (χ3v) is 2.72. The Kier molecular flexibility index (Phi) is 4.71. The Balaban J connectivity index is 2.25. The van der Waals surface area contributed by atoms with Crippen molar-refractivity contribution in [3.8, 4) is 0 Å². The second-order valence-corrected chi connectivity index (χ2v) is 4.84. The zero-order valence-corrected chi connectivity index (χ0v) is 10.1. The maximum absolute atomic E-state index is 11.5. The molecule has 0 atom stereocenters. The fourth-order valence-corrected chi connectivity index (χ4v) is 1.78. The van der Waals surface area contributed by atoms with Crippen LogP contribution in [0.15, 0.2) is 6.20 Å². The number of aryl methyl sites for hydroxylation is 1. The van der Waals surface area contributed by atoms with Crippen molar-refractivity contribution in [2.45, 2.75) is 26.8 Å². The number of thiazole rings is 1. The van der Waals surface area contributed by atoms with Gasteiger partial charge in [0.2, 0.25) is 0 Å². The number of nitrogens with one attached hydrogen (secondary N) is 2. The zero-order chi connectivity index (χ0) is 11.3. The van der Waals surface area contributed by atoms with Crippen LogP contribution in [0.1, 0.15) is 28.5 Å². The van der Waals surface area contributed by atoms with Crippen molar-refractivity contribution in [1.29, 1.82) is 0 Å². The molecule has 1 heterocycles. The molecule has 0 aliphatic rings. The molecule has 0 bridgehead atoms. The third-order valence-electron chi connectivity index (χ3n) is 1.81. The van der Waals surface area contributed by atoms with Gasteiger partial charge in [0.15, 0.2) is 0 Å².